The Morgan fingerprint density at radius 1 is 1.32 bits per heavy atom. The van der Waals surface area contributed by atoms with Gasteiger partial charge in [0.2, 0.25) is 5.91 Å². The van der Waals surface area contributed by atoms with E-state index in [2.05, 4.69) is 4.74 Å². The molecule has 0 aliphatic heterocycles. The number of aliphatic carboxylic acids is 1. The van der Waals surface area contributed by atoms with E-state index >= 15 is 0 Å². The van der Waals surface area contributed by atoms with Gasteiger partial charge in [-0.25, -0.2) is 0 Å². The van der Waals surface area contributed by atoms with Crippen LogP contribution >= 0.6 is 0 Å². The van der Waals surface area contributed by atoms with Gasteiger partial charge in [-0.05, 0) is 30.9 Å². The van der Waals surface area contributed by atoms with E-state index in [0.29, 0.717) is 0 Å². The number of nitrogens with zero attached hydrogens (tertiary/aromatic N) is 1. The highest BCUT2D eigenvalue weighted by atomic mass is 19.4. The molecule has 1 atom stereocenters. The molecule has 2 rings (SSSR count). The predicted molar refractivity (Wildman–Crippen MR) is 83.0 cm³/mol. The lowest BCUT2D eigenvalue weighted by molar-refractivity contribution is -0.274. The molecule has 0 aromatic heterocycles. The average molecular weight is 359 g/mol. The van der Waals surface area contributed by atoms with Crippen molar-refractivity contribution >= 4 is 11.9 Å². The number of carbonyl (C=O) groups excluding carboxylic acids is 1. The van der Waals surface area contributed by atoms with Gasteiger partial charge in [0.1, 0.15) is 5.75 Å². The van der Waals surface area contributed by atoms with E-state index in [1.54, 1.807) is 6.07 Å². The second kappa shape index (κ2) is 7.76. The van der Waals surface area contributed by atoms with Gasteiger partial charge < -0.3 is 14.7 Å². The summed E-state index contributed by atoms with van der Waals surface area (Å²) in [5.74, 6) is -2.25. The molecule has 1 fully saturated rings. The predicted octanol–water partition coefficient (Wildman–Crippen LogP) is 3.23. The number of hydrogen-bond donors (Lipinski definition) is 1. The van der Waals surface area contributed by atoms with E-state index in [9.17, 15) is 22.8 Å². The molecule has 1 amide bonds. The number of amides is 1. The monoisotopic (exact) mass is 359 g/mol. The maximum Gasteiger partial charge on any atom is 0.573 e. The van der Waals surface area contributed by atoms with Crippen molar-refractivity contribution in [2.75, 3.05) is 6.54 Å². The first-order valence-corrected chi connectivity index (χ1v) is 8.03. The lowest BCUT2D eigenvalue weighted by Gasteiger charge is -2.24. The molecular weight excluding hydrogens is 339 g/mol. The van der Waals surface area contributed by atoms with Crippen LogP contribution in [0.15, 0.2) is 24.3 Å². The van der Waals surface area contributed by atoms with Gasteiger partial charge in [-0.2, -0.15) is 0 Å². The number of halogens is 3. The molecule has 0 spiro atoms. The van der Waals surface area contributed by atoms with Crippen molar-refractivity contribution in [3.63, 3.8) is 0 Å². The minimum atomic E-state index is -4.79. The normalized spacial score (nSPS) is 15.5. The van der Waals surface area contributed by atoms with Crippen LogP contribution in [-0.2, 0) is 16.0 Å². The molecule has 0 bridgehead atoms. The molecule has 138 valence electrons. The van der Waals surface area contributed by atoms with Crippen LogP contribution in [-0.4, -0.2) is 40.8 Å². The third-order valence-electron chi connectivity index (χ3n) is 4.01. The molecular formula is C17H20F3NO4. The van der Waals surface area contributed by atoms with E-state index < -0.39 is 18.2 Å². The van der Waals surface area contributed by atoms with Gasteiger partial charge in [-0.1, -0.05) is 25.1 Å². The summed E-state index contributed by atoms with van der Waals surface area (Å²) in [7, 11) is 0. The van der Waals surface area contributed by atoms with Crippen LogP contribution in [0, 0.1) is 5.92 Å². The lowest BCUT2D eigenvalue weighted by atomic mass is 10.1. The highest BCUT2D eigenvalue weighted by Crippen LogP contribution is 2.30. The summed E-state index contributed by atoms with van der Waals surface area (Å²) in [5, 5.41) is 9.01. The fourth-order valence-corrected chi connectivity index (χ4v) is 2.53. The minimum Gasteiger partial charge on any atom is -0.481 e. The van der Waals surface area contributed by atoms with Gasteiger partial charge in [0.05, 0.1) is 5.92 Å². The standard InChI is InChI=1S/C17H20F3NO4/c1-11(16(23)24)10-21(13-7-8-13)15(22)9-6-12-4-2-3-5-14(12)25-17(18,19)20/h2-5,11,13H,6-10H2,1H3,(H,23,24). The van der Waals surface area contributed by atoms with Gasteiger partial charge in [-0.15, -0.1) is 13.2 Å². The molecule has 25 heavy (non-hydrogen) atoms. The van der Waals surface area contributed by atoms with Crippen molar-refractivity contribution in [1.29, 1.82) is 0 Å². The maximum atomic E-state index is 12.4. The largest absolute Gasteiger partial charge is 0.573 e. The third-order valence-corrected chi connectivity index (χ3v) is 4.01. The minimum absolute atomic E-state index is 0.00106. The summed E-state index contributed by atoms with van der Waals surface area (Å²) < 4.78 is 41.3. The number of carboxylic acids is 1. The Kier molecular flexibility index (Phi) is 5.92. The number of alkyl halides is 3. The Morgan fingerprint density at radius 2 is 1.96 bits per heavy atom. The zero-order chi connectivity index (χ0) is 18.6. The van der Waals surface area contributed by atoms with Gasteiger partial charge in [0.15, 0.2) is 0 Å². The number of para-hydroxylation sites is 1. The molecule has 8 heteroatoms. The van der Waals surface area contributed by atoms with Crippen LogP contribution in [0.3, 0.4) is 0 Å². The van der Waals surface area contributed by atoms with Gasteiger partial charge >= 0.3 is 12.3 Å². The smallest absolute Gasteiger partial charge is 0.481 e. The highest BCUT2D eigenvalue weighted by molar-refractivity contribution is 5.78. The summed E-state index contributed by atoms with van der Waals surface area (Å²) in [6.07, 6.45) is -3.05. The number of carbonyl (C=O) groups is 2. The van der Waals surface area contributed by atoms with Crippen LogP contribution in [0.5, 0.6) is 5.75 Å². The highest BCUT2D eigenvalue weighted by Gasteiger charge is 2.35. The first kappa shape index (κ1) is 19.1. The topological polar surface area (TPSA) is 66.8 Å². The summed E-state index contributed by atoms with van der Waals surface area (Å²) in [5.41, 5.74) is 0.287. The Hall–Kier alpha value is -2.25. The molecule has 0 saturated heterocycles. The summed E-state index contributed by atoms with van der Waals surface area (Å²) >= 11 is 0. The second-order valence-corrected chi connectivity index (χ2v) is 6.17. The Labute approximate surface area is 143 Å². The molecule has 0 heterocycles. The number of rotatable bonds is 8. The van der Waals surface area contributed by atoms with Crippen LogP contribution < -0.4 is 4.74 Å². The Morgan fingerprint density at radius 3 is 2.52 bits per heavy atom. The molecule has 1 aromatic carbocycles. The SMILES string of the molecule is CC(CN(C(=O)CCc1ccccc1OC(F)(F)F)C1CC1)C(=O)O. The second-order valence-electron chi connectivity index (χ2n) is 6.17. The zero-order valence-electron chi connectivity index (χ0n) is 13.8. The fourth-order valence-electron chi connectivity index (χ4n) is 2.53. The van der Waals surface area contributed by atoms with Gasteiger partial charge in [0, 0.05) is 19.0 Å². The quantitative estimate of drug-likeness (QED) is 0.774. The Bertz CT molecular complexity index is 629. The van der Waals surface area contributed by atoms with Crippen molar-refractivity contribution in [1.82, 2.24) is 4.90 Å². The number of aryl methyl sites for hydroxylation is 1. The molecule has 1 aromatic rings. The van der Waals surface area contributed by atoms with Gasteiger partial charge in [-0.3, -0.25) is 9.59 Å². The molecule has 1 saturated carbocycles. The fraction of sp³-hybridized carbons (Fsp3) is 0.529. The summed E-state index contributed by atoms with van der Waals surface area (Å²) in [6.45, 7) is 1.64. The zero-order valence-corrected chi connectivity index (χ0v) is 13.8. The number of benzene rings is 1. The first-order chi connectivity index (χ1) is 11.7. The van der Waals surface area contributed by atoms with Crippen LogP contribution in [0.2, 0.25) is 0 Å². The van der Waals surface area contributed by atoms with E-state index in [1.807, 2.05) is 0 Å². The van der Waals surface area contributed by atoms with Crippen LogP contribution in [0.4, 0.5) is 13.2 Å². The number of ether oxygens (including phenoxy) is 1. The number of carboxylic acid groups (broad SMARTS) is 1. The van der Waals surface area contributed by atoms with E-state index in [-0.39, 0.29) is 42.6 Å². The molecule has 0 radical (unpaired) electrons. The Balaban J connectivity index is 2.00. The summed E-state index contributed by atoms with van der Waals surface area (Å²) in [6, 6.07) is 5.73. The van der Waals surface area contributed by atoms with E-state index in [1.165, 1.54) is 30.0 Å². The molecule has 5 nitrogen and oxygen atoms in total. The van der Waals surface area contributed by atoms with Crippen molar-refractivity contribution in [2.45, 2.75) is 45.0 Å². The first-order valence-electron chi connectivity index (χ1n) is 8.03. The van der Waals surface area contributed by atoms with Gasteiger partial charge in [0.25, 0.3) is 0 Å². The van der Waals surface area contributed by atoms with E-state index in [0.717, 1.165) is 12.8 Å². The number of hydrogen-bond acceptors (Lipinski definition) is 3. The molecule has 1 unspecified atom stereocenters. The van der Waals surface area contributed by atoms with Crippen LogP contribution in [0.1, 0.15) is 31.7 Å². The lowest BCUT2D eigenvalue weighted by Crippen LogP contribution is -2.38. The molecule has 1 aliphatic rings. The maximum absolute atomic E-state index is 12.4. The molecule has 1 N–H and O–H groups in total. The molecule has 1 aliphatic carbocycles. The average Bonchev–Trinajstić information content (AvgIpc) is 3.34. The van der Waals surface area contributed by atoms with Crippen LogP contribution in [0.25, 0.3) is 0 Å². The van der Waals surface area contributed by atoms with Crippen molar-refractivity contribution < 1.29 is 32.6 Å². The van der Waals surface area contributed by atoms with Crippen molar-refractivity contribution in [3.8, 4) is 5.75 Å². The van der Waals surface area contributed by atoms with Crippen molar-refractivity contribution in [3.05, 3.63) is 29.8 Å². The van der Waals surface area contributed by atoms with Crippen molar-refractivity contribution in [2.24, 2.45) is 5.92 Å². The van der Waals surface area contributed by atoms with E-state index in [4.69, 9.17) is 5.11 Å². The third kappa shape index (κ3) is 5.95. The summed E-state index contributed by atoms with van der Waals surface area (Å²) in [4.78, 5) is 25.0.